The average molecular weight is 311 g/mol. The zero-order chi connectivity index (χ0) is 16.0. The Morgan fingerprint density at radius 1 is 1.39 bits per heavy atom. The molecule has 0 spiro atoms. The predicted octanol–water partition coefficient (Wildman–Crippen LogP) is 3.42. The first kappa shape index (κ1) is 15.0. The Bertz CT molecular complexity index is 734. The molecule has 0 amide bonds. The molecule has 3 heterocycles. The first-order valence-electron chi connectivity index (χ1n) is 8.83. The second-order valence-electron chi connectivity index (χ2n) is 7.62. The van der Waals surface area contributed by atoms with Crippen molar-refractivity contribution >= 4 is 10.9 Å². The van der Waals surface area contributed by atoms with Gasteiger partial charge in [-0.1, -0.05) is 24.3 Å². The van der Waals surface area contributed by atoms with Crippen LogP contribution in [0.25, 0.3) is 10.9 Å². The van der Waals surface area contributed by atoms with E-state index in [2.05, 4.69) is 42.9 Å². The van der Waals surface area contributed by atoms with Gasteiger partial charge >= 0.3 is 0 Å². The number of benzene rings is 1. The first-order chi connectivity index (χ1) is 11.2. The molecule has 3 heteroatoms. The minimum Gasteiger partial charge on any atom is -0.396 e. The number of quaternary nitrogens is 1. The number of likely N-dealkylation sites (N-methyl/N-ethyl adjacent to an activating group) is 1. The Labute approximate surface area is 138 Å². The quantitative estimate of drug-likeness (QED) is 0.661. The molecule has 2 aromatic rings. The molecule has 1 saturated heterocycles. The van der Waals surface area contributed by atoms with E-state index in [0.29, 0.717) is 12.0 Å². The molecular weight excluding hydrogens is 284 g/mol. The molecule has 4 rings (SSSR count). The minimum atomic E-state index is 0.226. The van der Waals surface area contributed by atoms with Crippen LogP contribution in [-0.2, 0) is 6.42 Å². The minimum absolute atomic E-state index is 0.226. The number of aromatic nitrogens is 1. The Kier molecular flexibility index (Phi) is 3.58. The molecule has 2 aliphatic rings. The fraction of sp³-hybridized carbons (Fsp3) is 0.500. The summed E-state index contributed by atoms with van der Waals surface area (Å²) in [5.74, 6) is 0.782. The summed E-state index contributed by atoms with van der Waals surface area (Å²) in [5.41, 5.74) is 4.25. The summed E-state index contributed by atoms with van der Waals surface area (Å²) < 4.78 is 1.14. The number of aromatic amines is 1. The summed E-state index contributed by atoms with van der Waals surface area (Å²) in [6, 6.07) is 9.22. The highest BCUT2D eigenvalue weighted by atomic mass is 16.3. The topological polar surface area (TPSA) is 36.0 Å². The number of H-pyrrole nitrogens is 1. The molecule has 0 saturated carbocycles. The van der Waals surface area contributed by atoms with E-state index in [9.17, 15) is 5.11 Å². The Morgan fingerprint density at radius 2 is 2.22 bits per heavy atom. The molecule has 122 valence electrons. The van der Waals surface area contributed by atoms with Crippen molar-refractivity contribution in [2.45, 2.75) is 25.3 Å². The summed E-state index contributed by atoms with van der Waals surface area (Å²) in [4.78, 5) is 3.73. The van der Waals surface area contributed by atoms with E-state index in [4.69, 9.17) is 0 Å². The van der Waals surface area contributed by atoms with Crippen LogP contribution in [0.1, 0.15) is 30.1 Å². The number of nitrogens with zero attached hydrogens (tertiary/aromatic N) is 1. The van der Waals surface area contributed by atoms with E-state index in [1.165, 1.54) is 48.1 Å². The molecule has 0 unspecified atom stereocenters. The van der Waals surface area contributed by atoms with Crippen molar-refractivity contribution < 1.29 is 9.59 Å². The predicted molar refractivity (Wildman–Crippen MR) is 94.2 cm³/mol. The maximum atomic E-state index is 9.66. The van der Waals surface area contributed by atoms with Crippen molar-refractivity contribution in [1.29, 1.82) is 0 Å². The molecule has 1 aromatic heterocycles. The number of rotatable bonds is 3. The molecule has 0 aliphatic carbocycles. The number of para-hydroxylation sites is 1. The van der Waals surface area contributed by atoms with Crippen LogP contribution in [0.15, 0.2) is 36.9 Å². The molecule has 4 atom stereocenters. The number of nitrogens with one attached hydrogen (secondary N) is 1. The van der Waals surface area contributed by atoms with Gasteiger partial charge in [-0.3, -0.25) is 0 Å². The summed E-state index contributed by atoms with van der Waals surface area (Å²) in [6.45, 7) is 6.59. The number of fused-ring (bicyclic) bond motifs is 5. The van der Waals surface area contributed by atoms with Gasteiger partial charge < -0.3 is 14.6 Å². The molecule has 1 fully saturated rings. The normalized spacial score (nSPS) is 31.4. The molecule has 2 aliphatic heterocycles. The van der Waals surface area contributed by atoms with E-state index < -0.39 is 0 Å². The van der Waals surface area contributed by atoms with Gasteiger partial charge in [-0.25, -0.2) is 0 Å². The van der Waals surface area contributed by atoms with Crippen molar-refractivity contribution in [1.82, 2.24) is 4.98 Å². The van der Waals surface area contributed by atoms with Crippen molar-refractivity contribution in [2.24, 2.45) is 11.8 Å². The lowest BCUT2D eigenvalue weighted by atomic mass is 9.77. The molecule has 3 nitrogen and oxygen atoms in total. The average Bonchev–Trinajstić information content (AvgIpc) is 2.95. The van der Waals surface area contributed by atoms with Gasteiger partial charge in [-0.2, -0.15) is 0 Å². The molecule has 0 radical (unpaired) electrons. The second-order valence-corrected chi connectivity index (χ2v) is 7.62. The summed E-state index contributed by atoms with van der Waals surface area (Å²) in [7, 11) is 2.41. The smallest absolute Gasteiger partial charge is 0.130 e. The monoisotopic (exact) mass is 311 g/mol. The third kappa shape index (κ3) is 2.26. The molecule has 1 aromatic carbocycles. The van der Waals surface area contributed by atoms with Gasteiger partial charge in [0.2, 0.25) is 0 Å². The molecule has 0 bridgehead atoms. The largest absolute Gasteiger partial charge is 0.396 e. The zero-order valence-electron chi connectivity index (χ0n) is 14.0. The van der Waals surface area contributed by atoms with Gasteiger partial charge in [0.25, 0.3) is 0 Å². The molecule has 23 heavy (non-hydrogen) atoms. The first-order valence-corrected chi connectivity index (χ1v) is 8.83. The van der Waals surface area contributed by atoms with Gasteiger partial charge in [0.15, 0.2) is 0 Å². The van der Waals surface area contributed by atoms with Crippen molar-refractivity contribution in [3.05, 3.63) is 48.2 Å². The lowest BCUT2D eigenvalue weighted by molar-refractivity contribution is -0.948. The number of hydrogen-bond donors (Lipinski definition) is 2. The highest BCUT2D eigenvalue weighted by molar-refractivity contribution is 5.85. The Balaban J connectivity index is 1.75. The van der Waals surface area contributed by atoms with Gasteiger partial charge in [0.1, 0.15) is 6.04 Å². The zero-order valence-corrected chi connectivity index (χ0v) is 14.0. The highest BCUT2D eigenvalue weighted by Gasteiger charge is 2.46. The number of aliphatic hydroxyl groups excluding tert-OH is 1. The van der Waals surface area contributed by atoms with Crippen LogP contribution in [0.2, 0.25) is 0 Å². The van der Waals surface area contributed by atoms with Crippen molar-refractivity contribution in [3.63, 3.8) is 0 Å². The van der Waals surface area contributed by atoms with Crippen LogP contribution in [0.5, 0.6) is 0 Å². The number of hydrogen-bond acceptors (Lipinski definition) is 1. The standard InChI is InChI=1S/C20H27N2O/c1-3-14(13-23)15-8-10-22(2)11-9-17-16-6-4-5-7-18(16)21-20(17)19(22)12-15/h3-7,14-15,19,21,23H,1,8-13H2,2H3/q+1/t14-,15-,19-,22-/m0/s1. The second kappa shape index (κ2) is 5.50. The lowest BCUT2D eigenvalue weighted by Crippen LogP contribution is -2.55. The van der Waals surface area contributed by atoms with Gasteiger partial charge in [-0.05, 0) is 17.5 Å². The third-order valence-electron chi connectivity index (χ3n) is 6.46. The van der Waals surface area contributed by atoms with E-state index in [-0.39, 0.29) is 12.5 Å². The maximum absolute atomic E-state index is 9.66. The Morgan fingerprint density at radius 3 is 3.00 bits per heavy atom. The van der Waals surface area contributed by atoms with E-state index in [0.717, 1.165) is 10.9 Å². The van der Waals surface area contributed by atoms with E-state index >= 15 is 0 Å². The van der Waals surface area contributed by atoms with E-state index in [1.807, 2.05) is 6.08 Å². The van der Waals surface area contributed by atoms with Crippen molar-refractivity contribution in [3.8, 4) is 0 Å². The van der Waals surface area contributed by atoms with Gasteiger partial charge in [-0.15, -0.1) is 6.58 Å². The van der Waals surface area contributed by atoms with E-state index in [1.54, 1.807) is 0 Å². The van der Waals surface area contributed by atoms with Crippen LogP contribution in [-0.4, -0.2) is 41.3 Å². The number of aliphatic hydroxyl groups is 1. The molecular formula is C20H27N2O+. The van der Waals surface area contributed by atoms with Crippen LogP contribution in [0, 0.1) is 11.8 Å². The van der Waals surface area contributed by atoms with Crippen LogP contribution < -0.4 is 0 Å². The highest BCUT2D eigenvalue weighted by Crippen LogP contribution is 2.46. The SMILES string of the molecule is C=C[C@@H](CO)[C@H]1CC[N@@+]2(C)CCc3c([nH]c4ccccc34)[C@@H]2C1. The van der Waals surface area contributed by atoms with Crippen LogP contribution >= 0.6 is 0 Å². The van der Waals surface area contributed by atoms with Crippen molar-refractivity contribution in [2.75, 3.05) is 26.7 Å². The third-order valence-corrected chi connectivity index (χ3v) is 6.46. The fourth-order valence-corrected chi connectivity index (χ4v) is 4.92. The Hall–Kier alpha value is -1.58. The summed E-state index contributed by atoms with van der Waals surface area (Å²) in [5, 5.41) is 11.1. The fourth-order valence-electron chi connectivity index (χ4n) is 4.92. The maximum Gasteiger partial charge on any atom is 0.130 e. The van der Waals surface area contributed by atoms with Gasteiger partial charge in [0, 0.05) is 42.7 Å². The summed E-state index contributed by atoms with van der Waals surface area (Å²) in [6.07, 6.45) is 5.46. The lowest BCUT2D eigenvalue weighted by Gasteiger charge is -2.50. The number of piperidine rings is 1. The molecule has 2 N–H and O–H groups in total. The van der Waals surface area contributed by atoms with Gasteiger partial charge in [0.05, 0.1) is 25.8 Å². The summed E-state index contributed by atoms with van der Waals surface area (Å²) >= 11 is 0. The van der Waals surface area contributed by atoms with Crippen LogP contribution in [0.4, 0.5) is 0 Å². The van der Waals surface area contributed by atoms with Crippen LogP contribution in [0.3, 0.4) is 0 Å².